The lowest BCUT2D eigenvalue weighted by molar-refractivity contribution is -0.123. The van der Waals surface area contributed by atoms with Crippen molar-refractivity contribution in [2.75, 3.05) is 39.8 Å². The molecule has 3 fully saturated rings. The third-order valence-corrected chi connectivity index (χ3v) is 7.41. The maximum atomic E-state index is 13.7. The first kappa shape index (κ1) is 25.8. The topological polar surface area (TPSA) is 88.5 Å². The lowest BCUT2D eigenvalue weighted by atomic mass is 9.99. The molecule has 2 aromatic rings. The fourth-order valence-electron chi connectivity index (χ4n) is 5.16. The first-order valence-electron chi connectivity index (χ1n) is 12.6. The molecule has 36 heavy (non-hydrogen) atoms. The number of nitrogens with one attached hydrogen (secondary N) is 2. The molecule has 0 spiro atoms. The van der Waals surface area contributed by atoms with Crippen LogP contribution in [0.25, 0.3) is 11.1 Å². The van der Waals surface area contributed by atoms with Gasteiger partial charge in [-0.15, -0.1) is 0 Å². The van der Waals surface area contributed by atoms with Crippen molar-refractivity contribution in [2.24, 2.45) is 5.92 Å². The lowest BCUT2D eigenvalue weighted by Gasteiger charge is -2.32. The third-order valence-electron chi connectivity index (χ3n) is 7.41. The molecule has 0 aromatic heterocycles. The van der Waals surface area contributed by atoms with Gasteiger partial charge >= 0.3 is 0 Å². The van der Waals surface area contributed by atoms with Crippen LogP contribution in [-0.2, 0) is 4.79 Å². The summed E-state index contributed by atoms with van der Waals surface area (Å²) in [4.78, 5) is 28.1. The molecule has 2 aliphatic heterocycles. The molecule has 2 aromatic carbocycles. The number of nitrogens with zero attached hydrogens (tertiary/aromatic N) is 3. The van der Waals surface area contributed by atoms with Gasteiger partial charge in [-0.2, -0.15) is 5.26 Å². The normalized spacial score (nSPS) is 22.9. The molecule has 5 rings (SSSR count). The highest BCUT2D eigenvalue weighted by Gasteiger charge is 2.42. The zero-order valence-electron chi connectivity index (χ0n) is 21.0. The number of aryl methyl sites for hydroxylation is 1. The van der Waals surface area contributed by atoms with Gasteiger partial charge < -0.3 is 20.4 Å². The molecular formula is C28H34FN5O2. The van der Waals surface area contributed by atoms with Crippen LogP contribution in [0.15, 0.2) is 42.5 Å². The molecule has 2 bridgehead atoms. The summed E-state index contributed by atoms with van der Waals surface area (Å²) in [6.45, 7) is 5.21. The minimum absolute atomic E-state index is 0.00579. The molecule has 2 amide bonds. The smallest absolute Gasteiger partial charge is 0.253 e. The van der Waals surface area contributed by atoms with Crippen molar-refractivity contribution in [3.63, 3.8) is 0 Å². The van der Waals surface area contributed by atoms with Gasteiger partial charge in [-0.1, -0.05) is 24.3 Å². The van der Waals surface area contributed by atoms with Gasteiger partial charge in [-0.25, -0.2) is 4.39 Å². The van der Waals surface area contributed by atoms with Crippen molar-refractivity contribution < 1.29 is 14.0 Å². The predicted molar refractivity (Wildman–Crippen MR) is 137 cm³/mol. The van der Waals surface area contributed by atoms with Crippen molar-refractivity contribution in [1.82, 2.24) is 20.4 Å². The molecule has 2 heterocycles. The molecule has 3 aliphatic rings. The first-order chi connectivity index (χ1) is 17.4. The Morgan fingerprint density at radius 1 is 1.08 bits per heavy atom. The summed E-state index contributed by atoms with van der Waals surface area (Å²) >= 11 is 0. The zero-order chi connectivity index (χ0) is 25.7. The molecule has 3 unspecified atom stereocenters. The highest BCUT2D eigenvalue weighted by Crippen LogP contribution is 2.35. The Kier molecular flexibility index (Phi) is 8.34. The van der Waals surface area contributed by atoms with Crippen LogP contribution < -0.4 is 10.6 Å². The van der Waals surface area contributed by atoms with Crippen LogP contribution in [-0.4, -0.2) is 73.5 Å². The van der Waals surface area contributed by atoms with E-state index in [4.69, 9.17) is 5.26 Å². The number of hydrogen-bond acceptors (Lipinski definition) is 5. The number of benzene rings is 2. The van der Waals surface area contributed by atoms with E-state index in [9.17, 15) is 14.0 Å². The number of amides is 2. The molecule has 7 nitrogen and oxygen atoms in total. The number of hydrogen-bond donors (Lipinski definition) is 2. The summed E-state index contributed by atoms with van der Waals surface area (Å²) < 4.78 is 13.7. The minimum Gasteiger partial charge on any atom is -0.342 e. The number of rotatable bonds is 4. The summed E-state index contributed by atoms with van der Waals surface area (Å²) in [6.07, 6.45) is 3.49. The SMILES string of the molecule is Cc1ccc(-c2ccc(C(=O)N3CCN(C)CC3)cc2)cc1F.N#CCNC(=O)C1NC2CCC1C2. The number of piperidine rings is 1. The second kappa shape index (κ2) is 11.6. The van der Waals surface area contributed by atoms with Gasteiger partial charge in [0.05, 0.1) is 12.1 Å². The monoisotopic (exact) mass is 491 g/mol. The highest BCUT2D eigenvalue weighted by molar-refractivity contribution is 5.94. The van der Waals surface area contributed by atoms with E-state index in [1.807, 2.05) is 41.3 Å². The van der Waals surface area contributed by atoms with Crippen LogP contribution in [0, 0.1) is 30.0 Å². The Morgan fingerprint density at radius 3 is 2.36 bits per heavy atom. The highest BCUT2D eigenvalue weighted by atomic mass is 19.1. The maximum absolute atomic E-state index is 13.7. The second-order valence-electron chi connectivity index (χ2n) is 9.93. The minimum atomic E-state index is -0.208. The summed E-state index contributed by atoms with van der Waals surface area (Å²) in [5, 5.41) is 14.2. The molecule has 2 saturated heterocycles. The Morgan fingerprint density at radius 2 is 1.78 bits per heavy atom. The van der Waals surface area contributed by atoms with E-state index < -0.39 is 0 Å². The van der Waals surface area contributed by atoms with Gasteiger partial charge in [0.2, 0.25) is 5.91 Å². The fourth-order valence-corrected chi connectivity index (χ4v) is 5.16. The van der Waals surface area contributed by atoms with Crippen molar-refractivity contribution in [1.29, 1.82) is 5.26 Å². The predicted octanol–water partition coefficient (Wildman–Crippen LogP) is 2.96. The van der Waals surface area contributed by atoms with Crippen LogP contribution in [0.2, 0.25) is 0 Å². The fraction of sp³-hybridized carbons (Fsp3) is 0.464. The summed E-state index contributed by atoms with van der Waals surface area (Å²) in [5.74, 6) is 0.359. The second-order valence-corrected chi connectivity index (χ2v) is 9.93. The van der Waals surface area contributed by atoms with E-state index in [1.165, 1.54) is 12.5 Å². The zero-order valence-corrected chi connectivity index (χ0v) is 21.0. The van der Waals surface area contributed by atoms with E-state index in [2.05, 4.69) is 22.6 Å². The van der Waals surface area contributed by atoms with Gasteiger partial charge in [0, 0.05) is 37.8 Å². The van der Waals surface area contributed by atoms with Crippen LogP contribution >= 0.6 is 0 Å². The van der Waals surface area contributed by atoms with E-state index in [0.29, 0.717) is 23.1 Å². The molecule has 190 valence electrons. The van der Waals surface area contributed by atoms with E-state index in [0.717, 1.165) is 50.1 Å². The number of piperazine rings is 1. The van der Waals surface area contributed by atoms with Gasteiger partial charge in [0.1, 0.15) is 12.4 Å². The van der Waals surface area contributed by atoms with E-state index >= 15 is 0 Å². The lowest BCUT2D eigenvalue weighted by Crippen LogP contribution is -2.47. The summed E-state index contributed by atoms with van der Waals surface area (Å²) in [5.41, 5.74) is 3.06. The molecular weight excluding hydrogens is 457 g/mol. The molecule has 1 aliphatic carbocycles. The molecule has 2 N–H and O–H groups in total. The standard InChI is InChI=1S/C19H21FN2O.C9H13N3O/c1-14-3-4-17(13-18(14)20)15-5-7-16(8-6-15)19(23)22-11-9-21(2)10-12-22;10-3-4-11-9(13)8-6-1-2-7(5-6)12-8/h3-8,13H,9-12H2,1-2H3;6-8,12H,1-2,4-5H2,(H,11,13). The van der Waals surface area contributed by atoms with Gasteiger partial charge in [0.15, 0.2) is 0 Å². The number of carbonyl (C=O) groups is 2. The average Bonchev–Trinajstić information content (AvgIpc) is 3.54. The largest absolute Gasteiger partial charge is 0.342 e. The number of halogens is 1. The summed E-state index contributed by atoms with van der Waals surface area (Å²) in [7, 11) is 2.07. The van der Waals surface area contributed by atoms with Crippen LogP contribution in [0.1, 0.15) is 35.2 Å². The van der Waals surface area contributed by atoms with Crippen molar-refractivity contribution in [3.8, 4) is 17.2 Å². The Bertz CT molecular complexity index is 1120. The van der Waals surface area contributed by atoms with Crippen molar-refractivity contribution >= 4 is 11.8 Å². The van der Waals surface area contributed by atoms with Gasteiger partial charge in [-0.3, -0.25) is 9.59 Å². The number of fused-ring (bicyclic) bond motifs is 2. The van der Waals surface area contributed by atoms with Crippen LogP contribution in [0.5, 0.6) is 0 Å². The number of likely N-dealkylation sites (N-methyl/N-ethyl adjacent to an activating group) is 1. The quantitative estimate of drug-likeness (QED) is 0.642. The summed E-state index contributed by atoms with van der Waals surface area (Å²) in [6, 6.07) is 15.0. The average molecular weight is 492 g/mol. The van der Waals surface area contributed by atoms with Crippen molar-refractivity contribution in [2.45, 2.75) is 38.3 Å². The first-order valence-corrected chi connectivity index (χ1v) is 12.6. The molecule has 8 heteroatoms. The van der Waals surface area contributed by atoms with E-state index in [1.54, 1.807) is 13.0 Å². The molecule has 0 radical (unpaired) electrons. The number of carbonyl (C=O) groups excluding carboxylic acids is 2. The van der Waals surface area contributed by atoms with Gasteiger partial charge in [-0.05, 0) is 74.0 Å². The Balaban J connectivity index is 0.000000197. The molecule has 1 saturated carbocycles. The van der Waals surface area contributed by atoms with E-state index in [-0.39, 0.29) is 30.2 Å². The van der Waals surface area contributed by atoms with Crippen LogP contribution in [0.3, 0.4) is 0 Å². The Labute approximate surface area is 212 Å². The maximum Gasteiger partial charge on any atom is 0.253 e. The van der Waals surface area contributed by atoms with Crippen molar-refractivity contribution in [3.05, 3.63) is 59.4 Å². The third kappa shape index (κ3) is 6.10. The molecule has 3 atom stereocenters. The Hall–Kier alpha value is -3.28. The van der Waals surface area contributed by atoms with Crippen LogP contribution in [0.4, 0.5) is 4.39 Å². The van der Waals surface area contributed by atoms with Gasteiger partial charge in [0.25, 0.3) is 5.91 Å². The number of nitriles is 1.